The molecule has 2 aromatic heterocycles. The molecule has 0 spiro atoms. The van der Waals surface area contributed by atoms with Crippen LogP contribution < -0.4 is 5.32 Å². The summed E-state index contributed by atoms with van der Waals surface area (Å²) in [4.78, 5) is 27.0. The number of hydrogen-bond donors (Lipinski definition) is 1. The average Bonchev–Trinajstić information content (AvgIpc) is 3.40. The number of thiocarbonyl (C=S) groups is 1. The molecule has 0 bridgehead atoms. The van der Waals surface area contributed by atoms with E-state index < -0.39 is 0 Å². The molecule has 1 N–H and O–H groups in total. The Morgan fingerprint density at radius 2 is 1.97 bits per heavy atom. The molecule has 0 radical (unpaired) electrons. The van der Waals surface area contributed by atoms with E-state index in [0.29, 0.717) is 14.9 Å². The number of imidazole rings is 1. The van der Waals surface area contributed by atoms with E-state index >= 15 is 0 Å². The molecule has 4 heterocycles. The summed E-state index contributed by atoms with van der Waals surface area (Å²) in [5, 5.41) is 2.64. The summed E-state index contributed by atoms with van der Waals surface area (Å²) in [5.74, 6) is -0.177. The molecule has 1 aromatic carbocycles. The molecule has 2 fully saturated rings. The van der Waals surface area contributed by atoms with Gasteiger partial charge in [-0.25, -0.2) is 9.97 Å². The number of nitrogens with zero attached hydrogens (tertiary/aromatic N) is 5. The van der Waals surface area contributed by atoms with Crippen molar-refractivity contribution in [1.82, 2.24) is 29.7 Å². The third-order valence-electron chi connectivity index (χ3n) is 6.23. The Morgan fingerprint density at radius 3 is 2.74 bits per heavy atom. The highest BCUT2D eigenvalue weighted by Crippen LogP contribution is 2.26. The molecule has 5 rings (SSSR count). The van der Waals surface area contributed by atoms with Gasteiger partial charge in [-0.1, -0.05) is 49.5 Å². The van der Waals surface area contributed by atoms with Crippen molar-refractivity contribution in [3.63, 3.8) is 0 Å². The first kappa shape index (κ1) is 23.2. The molecule has 2 saturated heterocycles. The Hall–Kier alpha value is -2.59. The van der Waals surface area contributed by atoms with Gasteiger partial charge in [0.25, 0.3) is 5.91 Å². The summed E-state index contributed by atoms with van der Waals surface area (Å²) >= 11 is 6.34. The van der Waals surface area contributed by atoms with Crippen molar-refractivity contribution in [2.45, 2.75) is 26.3 Å². The monoisotopic (exact) mass is 492 g/mol. The van der Waals surface area contributed by atoms with Crippen molar-refractivity contribution >= 4 is 51.4 Å². The third-order valence-corrected chi connectivity index (χ3v) is 7.39. The van der Waals surface area contributed by atoms with Crippen molar-refractivity contribution in [3.8, 4) is 5.69 Å². The number of hydrogen-bond acceptors (Lipinski definition) is 7. The van der Waals surface area contributed by atoms with E-state index in [9.17, 15) is 4.79 Å². The summed E-state index contributed by atoms with van der Waals surface area (Å²) in [6.45, 7) is 8.93. The van der Waals surface area contributed by atoms with Gasteiger partial charge in [-0.05, 0) is 48.9 Å². The number of fused-ring (bicyclic) bond motifs is 1. The molecule has 34 heavy (non-hydrogen) atoms. The summed E-state index contributed by atoms with van der Waals surface area (Å²) in [6, 6.07) is 12.4. The quantitative estimate of drug-likeness (QED) is 0.397. The molecule has 9 heteroatoms. The molecule has 0 saturated carbocycles. The van der Waals surface area contributed by atoms with E-state index in [1.807, 2.05) is 23.0 Å². The molecule has 3 aromatic rings. The van der Waals surface area contributed by atoms with Gasteiger partial charge in [0.05, 0.1) is 10.6 Å². The zero-order valence-electron chi connectivity index (χ0n) is 19.2. The number of benzene rings is 1. The Balaban J connectivity index is 1.33. The summed E-state index contributed by atoms with van der Waals surface area (Å²) in [6.07, 6.45) is 6.12. The van der Waals surface area contributed by atoms with E-state index in [0.717, 1.165) is 49.6 Å². The maximum atomic E-state index is 12.0. The van der Waals surface area contributed by atoms with Crippen LogP contribution in [-0.4, -0.2) is 67.3 Å². The van der Waals surface area contributed by atoms with Crippen LogP contribution in [0, 0.1) is 0 Å². The normalized spacial score (nSPS) is 18.8. The number of carbonyl (C=O) groups excluding carboxylic acids is 1. The zero-order valence-corrected chi connectivity index (χ0v) is 20.9. The Kier molecular flexibility index (Phi) is 7.05. The van der Waals surface area contributed by atoms with Gasteiger partial charge >= 0.3 is 0 Å². The number of piperazine rings is 1. The molecule has 2 aliphatic rings. The minimum Gasteiger partial charge on any atom is -0.307 e. The van der Waals surface area contributed by atoms with Crippen LogP contribution in [0.4, 0.5) is 0 Å². The fourth-order valence-corrected chi connectivity index (χ4v) is 5.38. The topological polar surface area (TPSA) is 66.3 Å². The predicted molar refractivity (Wildman–Crippen MR) is 142 cm³/mol. The van der Waals surface area contributed by atoms with E-state index in [2.05, 4.69) is 51.3 Å². The lowest BCUT2D eigenvalue weighted by Gasteiger charge is -2.34. The fourth-order valence-electron chi connectivity index (χ4n) is 4.35. The van der Waals surface area contributed by atoms with Crippen molar-refractivity contribution in [1.29, 1.82) is 0 Å². The van der Waals surface area contributed by atoms with Crippen LogP contribution in [0.5, 0.6) is 0 Å². The number of pyridine rings is 1. The van der Waals surface area contributed by atoms with Gasteiger partial charge in [-0.15, -0.1) is 0 Å². The second kappa shape index (κ2) is 10.4. The minimum absolute atomic E-state index is 0.177. The summed E-state index contributed by atoms with van der Waals surface area (Å²) < 4.78 is 2.48. The van der Waals surface area contributed by atoms with Crippen LogP contribution >= 0.6 is 24.0 Å². The molecule has 0 atom stereocenters. The molecule has 0 unspecified atom stereocenters. The largest absolute Gasteiger partial charge is 0.307 e. The molecule has 1 amide bonds. The number of carbonyl (C=O) groups is 1. The minimum atomic E-state index is -0.177. The number of nitrogens with one attached hydrogen (secondary N) is 1. The SMILES string of the molecule is CCCCN1CCN(Cc2cccc(-n3cnc4ccc(/C=C5\SC(=S)NC5=O)nc43)c2)CC1. The second-order valence-electron chi connectivity index (χ2n) is 8.69. The molecule has 0 aliphatic carbocycles. The van der Waals surface area contributed by atoms with E-state index in [1.54, 1.807) is 6.08 Å². The molecular formula is C25H28N6OS2. The standard InChI is InChI=1S/C25H28N6OS2/c1-2-3-9-29-10-12-30(13-11-29)16-18-5-4-6-20(14-18)31-17-26-21-8-7-19(27-23(21)31)15-22-24(32)28-25(33)34-22/h4-8,14-15,17H,2-3,9-13,16H2,1H3,(H,28,32,33)/b22-15-. The van der Waals surface area contributed by atoms with Crippen LogP contribution in [0.25, 0.3) is 22.9 Å². The van der Waals surface area contributed by atoms with E-state index in [4.69, 9.17) is 17.2 Å². The van der Waals surface area contributed by atoms with Crippen LogP contribution in [0.15, 0.2) is 47.6 Å². The number of amides is 1. The highest BCUT2D eigenvalue weighted by Gasteiger charge is 2.22. The van der Waals surface area contributed by atoms with Gasteiger partial charge in [-0.2, -0.15) is 0 Å². The van der Waals surface area contributed by atoms with Crippen molar-refractivity contribution in [2.75, 3.05) is 32.7 Å². The fraction of sp³-hybridized carbons (Fsp3) is 0.360. The van der Waals surface area contributed by atoms with Crippen LogP contribution in [0.1, 0.15) is 31.0 Å². The molecular weight excluding hydrogens is 464 g/mol. The van der Waals surface area contributed by atoms with Gasteiger partial charge < -0.3 is 10.2 Å². The van der Waals surface area contributed by atoms with E-state index in [-0.39, 0.29) is 5.91 Å². The maximum absolute atomic E-state index is 12.0. The average molecular weight is 493 g/mol. The lowest BCUT2D eigenvalue weighted by atomic mass is 10.1. The Bertz CT molecular complexity index is 1250. The Morgan fingerprint density at radius 1 is 1.15 bits per heavy atom. The highest BCUT2D eigenvalue weighted by atomic mass is 32.2. The zero-order chi connectivity index (χ0) is 23.5. The summed E-state index contributed by atoms with van der Waals surface area (Å²) in [5.41, 5.74) is 4.60. The summed E-state index contributed by atoms with van der Waals surface area (Å²) in [7, 11) is 0. The molecule has 7 nitrogen and oxygen atoms in total. The van der Waals surface area contributed by atoms with Crippen molar-refractivity contribution in [2.24, 2.45) is 0 Å². The lowest BCUT2D eigenvalue weighted by molar-refractivity contribution is -0.115. The lowest BCUT2D eigenvalue weighted by Crippen LogP contribution is -2.46. The molecule has 176 valence electrons. The maximum Gasteiger partial charge on any atom is 0.263 e. The number of rotatable bonds is 7. The highest BCUT2D eigenvalue weighted by molar-refractivity contribution is 8.26. The van der Waals surface area contributed by atoms with Crippen molar-refractivity contribution in [3.05, 3.63) is 58.9 Å². The van der Waals surface area contributed by atoms with Gasteiger partial charge in [0, 0.05) is 38.4 Å². The van der Waals surface area contributed by atoms with Gasteiger partial charge in [0.15, 0.2) is 5.65 Å². The van der Waals surface area contributed by atoms with E-state index in [1.165, 1.54) is 36.7 Å². The second-order valence-corrected chi connectivity index (χ2v) is 10.4. The number of thioether (sulfide) groups is 1. The number of aromatic nitrogens is 3. The van der Waals surface area contributed by atoms with Crippen LogP contribution in [0.3, 0.4) is 0 Å². The van der Waals surface area contributed by atoms with Gasteiger partial charge in [0.1, 0.15) is 16.2 Å². The van der Waals surface area contributed by atoms with Gasteiger partial charge in [0.2, 0.25) is 0 Å². The van der Waals surface area contributed by atoms with Crippen molar-refractivity contribution < 1.29 is 4.79 Å². The smallest absolute Gasteiger partial charge is 0.263 e. The first-order valence-corrected chi connectivity index (χ1v) is 12.9. The predicted octanol–water partition coefficient (Wildman–Crippen LogP) is 3.83. The Labute approximate surface area is 209 Å². The first-order valence-electron chi connectivity index (χ1n) is 11.7. The third kappa shape index (κ3) is 5.22. The first-order chi connectivity index (χ1) is 16.6. The molecule has 2 aliphatic heterocycles. The van der Waals surface area contributed by atoms with Gasteiger partial charge in [-0.3, -0.25) is 14.3 Å². The number of unbranched alkanes of at least 4 members (excludes halogenated alkanes) is 1. The van der Waals surface area contributed by atoms with Crippen LogP contribution in [0.2, 0.25) is 0 Å². The van der Waals surface area contributed by atoms with Crippen LogP contribution in [-0.2, 0) is 11.3 Å².